The highest BCUT2D eigenvalue weighted by atomic mass is 16.8. The molecule has 1 amide bonds. The molecule has 286 valence electrons. The van der Waals surface area contributed by atoms with Gasteiger partial charge < -0.3 is 104 Å². The molecule has 0 aromatic carbocycles. The molecule has 4 aliphatic rings. The SMILES string of the molecule is C[C@@H](N)[C@@H]1CC[C@@H](N)[C@@H](O[C@@H]2[C@@H](N)[C@H](O)[C@@H](NC(=O)C(O)CCN)[C@H](O)[C@H]2O[C@@H]2O[C@H](CO)[C@@H](O[C@H]3O[C@@H](CN)[C@@H](O)[C@H](O)[C@H]3N)[C@H]2O)O1. The minimum absolute atomic E-state index is 0.0228. The van der Waals surface area contributed by atoms with Crippen LogP contribution in [0.15, 0.2) is 0 Å². The summed E-state index contributed by atoms with van der Waals surface area (Å²) in [7, 11) is 0. The Balaban J connectivity index is 1.58. The summed E-state index contributed by atoms with van der Waals surface area (Å²) in [6, 6.07) is -5.25. The fourth-order valence-electron chi connectivity index (χ4n) is 6.52. The number of ether oxygens (including phenoxy) is 6. The molecule has 0 aromatic rings. The number of amides is 1. The van der Waals surface area contributed by atoms with Crippen LogP contribution in [-0.2, 0) is 33.2 Å². The van der Waals surface area contributed by atoms with Crippen molar-refractivity contribution >= 4 is 5.91 Å². The van der Waals surface area contributed by atoms with E-state index in [-0.39, 0.29) is 25.6 Å². The number of carbonyl (C=O) groups excluding carboxylic acids is 1. The average Bonchev–Trinajstić information content (AvgIpc) is 3.37. The van der Waals surface area contributed by atoms with E-state index in [0.717, 1.165) is 0 Å². The van der Waals surface area contributed by atoms with Gasteiger partial charge in [-0.1, -0.05) is 0 Å². The minimum atomic E-state index is -1.81. The van der Waals surface area contributed by atoms with Gasteiger partial charge in [0.25, 0.3) is 0 Å². The quantitative estimate of drug-likeness (QED) is 0.0842. The highest BCUT2D eigenvalue weighted by molar-refractivity contribution is 5.80. The van der Waals surface area contributed by atoms with Crippen LogP contribution in [0.3, 0.4) is 0 Å². The first-order valence-corrected chi connectivity index (χ1v) is 16.5. The van der Waals surface area contributed by atoms with Crippen LogP contribution in [-0.4, -0.2) is 184 Å². The van der Waals surface area contributed by atoms with Crippen molar-refractivity contribution in [2.75, 3.05) is 19.7 Å². The smallest absolute Gasteiger partial charge is 0.249 e. The first kappa shape index (κ1) is 40.5. The number of nitrogens with one attached hydrogen (secondary N) is 1. The van der Waals surface area contributed by atoms with Crippen LogP contribution < -0.4 is 39.7 Å². The molecule has 0 bridgehead atoms. The van der Waals surface area contributed by atoms with Crippen molar-refractivity contribution in [3.05, 3.63) is 0 Å². The van der Waals surface area contributed by atoms with Gasteiger partial charge in [0.15, 0.2) is 18.9 Å². The Morgan fingerprint density at radius 2 is 1.43 bits per heavy atom. The Morgan fingerprint density at radius 3 is 2.04 bits per heavy atom. The van der Waals surface area contributed by atoms with Crippen molar-refractivity contribution in [1.29, 1.82) is 0 Å². The van der Waals surface area contributed by atoms with Gasteiger partial charge in [0, 0.05) is 12.6 Å². The van der Waals surface area contributed by atoms with Gasteiger partial charge >= 0.3 is 0 Å². The van der Waals surface area contributed by atoms with Gasteiger partial charge in [0.05, 0.1) is 43.0 Å². The van der Waals surface area contributed by atoms with E-state index >= 15 is 0 Å². The zero-order valence-electron chi connectivity index (χ0n) is 27.2. The molecule has 3 aliphatic heterocycles. The summed E-state index contributed by atoms with van der Waals surface area (Å²) < 4.78 is 35.4. The van der Waals surface area contributed by atoms with Gasteiger partial charge in [-0.05, 0) is 32.7 Å². The fourth-order valence-corrected chi connectivity index (χ4v) is 6.52. The zero-order valence-corrected chi connectivity index (χ0v) is 27.2. The van der Waals surface area contributed by atoms with Crippen molar-refractivity contribution in [1.82, 2.24) is 5.32 Å². The van der Waals surface area contributed by atoms with E-state index < -0.39 is 129 Å². The predicted octanol–water partition coefficient (Wildman–Crippen LogP) is -8.61. The van der Waals surface area contributed by atoms with Gasteiger partial charge in [-0.25, -0.2) is 0 Å². The summed E-state index contributed by atoms with van der Waals surface area (Å²) in [5, 5.41) is 77.3. The summed E-state index contributed by atoms with van der Waals surface area (Å²) in [6.45, 7) is 0.819. The Hall–Kier alpha value is -1.29. The summed E-state index contributed by atoms with van der Waals surface area (Å²) in [4.78, 5) is 12.7. The second kappa shape index (κ2) is 17.5. The number of rotatable bonds is 13. The maximum absolute atomic E-state index is 12.7. The summed E-state index contributed by atoms with van der Waals surface area (Å²) in [5.41, 5.74) is 35.9. The summed E-state index contributed by atoms with van der Waals surface area (Å²) >= 11 is 0. The third-order valence-electron chi connectivity index (χ3n) is 9.58. The molecule has 1 aliphatic carbocycles. The van der Waals surface area contributed by atoms with E-state index in [1.165, 1.54) is 0 Å². The first-order valence-electron chi connectivity index (χ1n) is 16.5. The molecule has 3 heterocycles. The molecule has 4 rings (SSSR count). The van der Waals surface area contributed by atoms with Crippen molar-refractivity contribution in [2.45, 2.75) is 149 Å². The second-order valence-corrected chi connectivity index (χ2v) is 13.2. The topological polar surface area (TPSA) is 382 Å². The largest absolute Gasteiger partial charge is 0.394 e. The molecule has 20 N–H and O–H groups in total. The summed E-state index contributed by atoms with van der Waals surface area (Å²) in [5.74, 6) is -0.950. The van der Waals surface area contributed by atoms with Crippen LogP contribution in [0.1, 0.15) is 26.2 Å². The minimum Gasteiger partial charge on any atom is -0.394 e. The van der Waals surface area contributed by atoms with E-state index in [1.807, 2.05) is 0 Å². The van der Waals surface area contributed by atoms with Gasteiger partial charge in [-0.15, -0.1) is 0 Å². The standard InChI is InChI=1S/C28H55N7O14/c1-8(31)11-3-2-9(32)26(44-11)48-23-14(33)18(39)16(35-25(43)10(37)4-5-29)20(41)24(23)49-28-21(42)22(13(7-36)46-28)47-27-15(34)19(40)17(38)12(6-30)45-27/h8-24,26-28,36-42H,2-7,29-34H2,1H3,(H,35,43)/t8-,9-,10?,11+,12+,13-,14+,15-,16-,17-,18+,19-,20+,21-,22-,23-,24-,26-,27-,28+/m1/s1. The van der Waals surface area contributed by atoms with Crippen molar-refractivity contribution in [2.24, 2.45) is 34.4 Å². The third-order valence-corrected chi connectivity index (χ3v) is 9.58. The molecule has 21 heteroatoms. The molecule has 0 spiro atoms. The molecule has 0 aromatic heterocycles. The van der Waals surface area contributed by atoms with Crippen molar-refractivity contribution in [3.63, 3.8) is 0 Å². The Morgan fingerprint density at radius 1 is 0.796 bits per heavy atom. The third kappa shape index (κ3) is 8.85. The predicted molar refractivity (Wildman–Crippen MR) is 165 cm³/mol. The van der Waals surface area contributed by atoms with Crippen LogP contribution in [0.2, 0.25) is 0 Å². The van der Waals surface area contributed by atoms with Gasteiger partial charge in [-0.2, -0.15) is 0 Å². The highest BCUT2D eigenvalue weighted by Gasteiger charge is 2.56. The molecule has 0 radical (unpaired) electrons. The number of hydrogen-bond donors (Lipinski definition) is 14. The molecule has 4 fully saturated rings. The highest BCUT2D eigenvalue weighted by Crippen LogP contribution is 2.35. The number of hydrogen-bond acceptors (Lipinski definition) is 20. The molecule has 21 nitrogen and oxygen atoms in total. The van der Waals surface area contributed by atoms with Crippen LogP contribution >= 0.6 is 0 Å². The molecular formula is C28H55N7O14. The molecule has 3 saturated heterocycles. The van der Waals surface area contributed by atoms with Gasteiger partial charge in [-0.3, -0.25) is 4.79 Å². The number of nitrogens with two attached hydrogens (primary N) is 6. The monoisotopic (exact) mass is 713 g/mol. The maximum atomic E-state index is 12.7. The Labute approximate surface area is 283 Å². The lowest BCUT2D eigenvalue weighted by Gasteiger charge is -2.49. The molecular weight excluding hydrogens is 658 g/mol. The van der Waals surface area contributed by atoms with E-state index in [0.29, 0.717) is 12.8 Å². The lowest BCUT2D eigenvalue weighted by molar-refractivity contribution is -0.297. The van der Waals surface area contributed by atoms with E-state index in [9.17, 15) is 40.5 Å². The molecule has 1 unspecified atom stereocenters. The van der Waals surface area contributed by atoms with Crippen LogP contribution in [0, 0.1) is 0 Å². The van der Waals surface area contributed by atoms with Crippen LogP contribution in [0.4, 0.5) is 0 Å². The first-order chi connectivity index (χ1) is 23.1. The lowest BCUT2D eigenvalue weighted by atomic mass is 9.81. The Bertz CT molecular complexity index is 1060. The number of aliphatic hydroxyl groups is 7. The second-order valence-electron chi connectivity index (χ2n) is 13.2. The Kier molecular flexibility index (Phi) is 14.4. The van der Waals surface area contributed by atoms with Crippen molar-refractivity contribution in [3.8, 4) is 0 Å². The molecule has 49 heavy (non-hydrogen) atoms. The molecule has 20 atom stereocenters. The normalized spacial score (nSPS) is 47.5. The molecule has 1 saturated carbocycles. The maximum Gasteiger partial charge on any atom is 0.249 e. The van der Waals surface area contributed by atoms with E-state index in [1.54, 1.807) is 6.92 Å². The van der Waals surface area contributed by atoms with Gasteiger partial charge in [0.2, 0.25) is 5.91 Å². The van der Waals surface area contributed by atoms with E-state index in [2.05, 4.69) is 5.32 Å². The van der Waals surface area contributed by atoms with E-state index in [4.69, 9.17) is 62.8 Å². The fraction of sp³-hybridized carbons (Fsp3) is 0.964. The van der Waals surface area contributed by atoms with Crippen LogP contribution in [0.25, 0.3) is 0 Å². The van der Waals surface area contributed by atoms with Crippen LogP contribution in [0.5, 0.6) is 0 Å². The number of aliphatic hydroxyl groups excluding tert-OH is 7. The lowest BCUT2D eigenvalue weighted by Crippen LogP contribution is -2.73. The average molecular weight is 714 g/mol. The zero-order chi connectivity index (χ0) is 36.3. The number of carbonyl (C=O) groups is 1. The van der Waals surface area contributed by atoms with Gasteiger partial charge in [0.1, 0.15) is 61.0 Å². The summed E-state index contributed by atoms with van der Waals surface area (Å²) in [6.07, 6.45) is -20.1. The van der Waals surface area contributed by atoms with Crippen molar-refractivity contribution < 1.29 is 69.0 Å².